The van der Waals surface area contributed by atoms with Crippen molar-refractivity contribution < 1.29 is 15.0 Å². The molecule has 0 fully saturated rings. The first-order chi connectivity index (χ1) is 4.98. The van der Waals surface area contributed by atoms with Gasteiger partial charge in [-0.05, 0) is 20.3 Å². The van der Waals surface area contributed by atoms with Gasteiger partial charge >= 0.3 is 0 Å². The molecular weight excluding hydrogens is 146 g/mol. The Labute approximate surface area is 66.2 Å². The Kier molecular flexibility index (Phi) is 4.07. The predicted molar refractivity (Wildman–Crippen MR) is 41.0 cm³/mol. The molecule has 0 saturated carbocycles. The monoisotopic (exact) mass is 161 g/mol. The minimum atomic E-state index is -1.09. The van der Waals surface area contributed by atoms with Crippen LogP contribution in [-0.4, -0.2) is 34.9 Å². The van der Waals surface area contributed by atoms with E-state index in [0.29, 0.717) is 19.4 Å². The Balaban J connectivity index is 3.52. The van der Waals surface area contributed by atoms with Gasteiger partial charge in [-0.3, -0.25) is 4.79 Å². The van der Waals surface area contributed by atoms with Gasteiger partial charge in [0.2, 0.25) is 6.41 Å². The van der Waals surface area contributed by atoms with E-state index in [2.05, 4.69) is 5.32 Å². The summed E-state index contributed by atoms with van der Waals surface area (Å²) in [5.74, 6) is 0. The fraction of sp³-hybridized carbons (Fsp3) is 0.857. The van der Waals surface area contributed by atoms with Gasteiger partial charge in [-0.25, -0.2) is 0 Å². The van der Waals surface area contributed by atoms with E-state index < -0.39 is 11.7 Å². The van der Waals surface area contributed by atoms with Crippen LogP contribution in [-0.2, 0) is 4.79 Å². The summed E-state index contributed by atoms with van der Waals surface area (Å²) in [5, 5.41) is 20.8. The zero-order chi connectivity index (χ0) is 8.91. The summed E-state index contributed by atoms with van der Waals surface area (Å²) in [6.45, 7) is 3.44. The molecule has 0 aromatic carbocycles. The number of aliphatic hydroxyl groups is 2. The first kappa shape index (κ1) is 10.4. The lowest BCUT2D eigenvalue weighted by Gasteiger charge is -2.23. The molecule has 11 heavy (non-hydrogen) atoms. The molecule has 0 saturated heterocycles. The van der Waals surface area contributed by atoms with Crippen LogP contribution in [0.5, 0.6) is 0 Å². The van der Waals surface area contributed by atoms with Crippen molar-refractivity contribution in [1.29, 1.82) is 0 Å². The maximum Gasteiger partial charge on any atom is 0.207 e. The Bertz CT molecular complexity index is 119. The van der Waals surface area contributed by atoms with Crippen LogP contribution in [0.3, 0.4) is 0 Å². The lowest BCUT2D eigenvalue weighted by atomic mass is 9.99. The topological polar surface area (TPSA) is 69.6 Å². The van der Waals surface area contributed by atoms with Crippen LogP contribution in [0.1, 0.15) is 20.3 Å². The smallest absolute Gasteiger partial charge is 0.207 e. The zero-order valence-corrected chi connectivity index (χ0v) is 6.87. The van der Waals surface area contributed by atoms with E-state index in [9.17, 15) is 15.0 Å². The second kappa shape index (κ2) is 4.31. The third kappa shape index (κ3) is 4.75. The Morgan fingerprint density at radius 1 is 1.64 bits per heavy atom. The molecule has 0 aromatic heterocycles. The normalized spacial score (nSPS) is 14.2. The van der Waals surface area contributed by atoms with E-state index in [1.165, 1.54) is 13.8 Å². The molecule has 0 radical (unpaired) electrons. The highest BCUT2D eigenvalue weighted by molar-refractivity contribution is 5.45. The summed E-state index contributed by atoms with van der Waals surface area (Å²) < 4.78 is 0. The number of hydrogen-bond acceptors (Lipinski definition) is 3. The van der Waals surface area contributed by atoms with Crippen molar-refractivity contribution >= 4 is 6.41 Å². The number of amides is 1. The molecule has 0 spiro atoms. The van der Waals surface area contributed by atoms with Crippen molar-refractivity contribution in [1.82, 2.24) is 5.32 Å². The first-order valence-corrected chi connectivity index (χ1v) is 3.56. The number of hydrogen-bond donors (Lipinski definition) is 3. The quantitative estimate of drug-likeness (QED) is 0.367. The molecule has 0 bridgehead atoms. The van der Waals surface area contributed by atoms with Gasteiger partial charge in [0.25, 0.3) is 0 Å². The standard InChI is InChI=1S/C7H15NO3/c1-7(2,11)6(10)3-4-8-5-9/h5-6,10-11H,3-4H2,1-2H3,(H,8,9). The Morgan fingerprint density at radius 2 is 2.18 bits per heavy atom. The summed E-state index contributed by atoms with van der Waals surface area (Å²) in [7, 11) is 0. The fourth-order valence-corrected chi connectivity index (χ4v) is 0.632. The van der Waals surface area contributed by atoms with Gasteiger partial charge in [-0.15, -0.1) is 0 Å². The maximum absolute atomic E-state index is 9.78. The van der Waals surface area contributed by atoms with Crippen molar-refractivity contribution in [3.63, 3.8) is 0 Å². The molecule has 0 aliphatic rings. The van der Waals surface area contributed by atoms with Crippen LogP contribution in [0.25, 0.3) is 0 Å². The number of carbonyl (C=O) groups is 1. The van der Waals surface area contributed by atoms with Crippen LogP contribution in [0.15, 0.2) is 0 Å². The number of aliphatic hydroxyl groups excluding tert-OH is 1. The molecule has 0 heterocycles. The van der Waals surface area contributed by atoms with Crippen molar-refractivity contribution in [2.45, 2.75) is 32.0 Å². The van der Waals surface area contributed by atoms with Gasteiger partial charge in [0.05, 0.1) is 11.7 Å². The Hall–Kier alpha value is -0.610. The Morgan fingerprint density at radius 3 is 2.55 bits per heavy atom. The predicted octanol–water partition coefficient (Wildman–Crippen LogP) is -0.746. The second-order valence-electron chi connectivity index (χ2n) is 3.03. The van der Waals surface area contributed by atoms with E-state index >= 15 is 0 Å². The molecule has 0 aromatic rings. The molecule has 4 nitrogen and oxygen atoms in total. The van der Waals surface area contributed by atoms with Gasteiger partial charge in [-0.1, -0.05) is 0 Å². The summed E-state index contributed by atoms with van der Waals surface area (Å²) in [6.07, 6.45) is 0.134. The van der Waals surface area contributed by atoms with Gasteiger partial charge in [0, 0.05) is 6.54 Å². The summed E-state index contributed by atoms with van der Waals surface area (Å²) >= 11 is 0. The van der Waals surface area contributed by atoms with Crippen molar-refractivity contribution in [2.75, 3.05) is 6.54 Å². The highest BCUT2D eigenvalue weighted by atomic mass is 16.3. The SMILES string of the molecule is CC(C)(O)C(O)CCNC=O. The molecule has 0 aliphatic heterocycles. The van der Waals surface area contributed by atoms with Crippen LogP contribution >= 0.6 is 0 Å². The minimum Gasteiger partial charge on any atom is -0.390 e. The van der Waals surface area contributed by atoms with Gasteiger partial charge < -0.3 is 15.5 Å². The average molecular weight is 161 g/mol. The lowest BCUT2D eigenvalue weighted by Crippen LogP contribution is -2.37. The largest absolute Gasteiger partial charge is 0.390 e. The average Bonchev–Trinajstić information content (AvgIpc) is 1.86. The number of carbonyl (C=O) groups excluding carboxylic acids is 1. The molecule has 66 valence electrons. The van der Waals surface area contributed by atoms with Crippen LogP contribution in [0, 0.1) is 0 Å². The van der Waals surface area contributed by atoms with Gasteiger partial charge in [0.15, 0.2) is 0 Å². The highest BCUT2D eigenvalue weighted by Gasteiger charge is 2.23. The first-order valence-electron chi connectivity index (χ1n) is 3.56. The molecular formula is C7H15NO3. The highest BCUT2D eigenvalue weighted by Crippen LogP contribution is 2.10. The van der Waals surface area contributed by atoms with Gasteiger partial charge in [0.1, 0.15) is 0 Å². The number of nitrogens with one attached hydrogen (secondary N) is 1. The fourth-order valence-electron chi connectivity index (χ4n) is 0.632. The minimum absolute atomic E-state index is 0.363. The van der Waals surface area contributed by atoms with E-state index in [0.717, 1.165) is 0 Å². The van der Waals surface area contributed by atoms with E-state index in [4.69, 9.17) is 0 Å². The molecule has 1 unspecified atom stereocenters. The van der Waals surface area contributed by atoms with Crippen molar-refractivity contribution in [2.24, 2.45) is 0 Å². The third-order valence-corrected chi connectivity index (χ3v) is 1.46. The molecule has 0 aliphatic carbocycles. The van der Waals surface area contributed by atoms with E-state index in [1.807, 2.05) is 0 Å². The molecule has 4 heteroatoms. The molecule has 1 atom stereocenters. The van der Waals surface area contributed by atoms with Crippen LogP contribution in [0.4, 0.5) is 0 Å². The summed E-state index contributed by atoms with van der Waals surface area (Å²) in [6, 6.07) is 0. The van der Waals surface area contributed by atoms with Crippen molar-refractivity contribution in [3.8, 4) is 0 Å². The maximum atomic E-state index is 9.78. The lowest BCUT2D eigenvalue weighted by molar-refractivity contribution is -0.109. The molecule has 3 N–H and O–H groups in total. The summed E-state index contributed by atoms with van der Waals surface area (Å²) in [5.41, 5.74) is -1.09. The summed E-state index contributed by atoms with van der Waals surface area (Å²) in [4.78, 5) is 9.78. The third-order valence-electron chi connectivity index (χ3n) is 1.46. The van der Waals surface area contributed by atoms with Crippen LogP contribution in [0.2, 0.25) is 0 Å². The van der Waals surface area contributed by atoms with E-state index in [1.54, 1.807) is 0 Å². The number of rotatable bonds is 5. The van der Waals surface area contributed by atoms with Crippen LogP contribution < -0.4 is 5.32 Å². The zero-order valence-electron chi connectivity index (χ0n) is 6.87. The second-order valence-corrected chi connectivity index (χ2v) is 3.03. The van der Waals surface area contributed by atoms with Gasteiger partial charge in [-0.2, -0.15) is 0 Å². The molecule has 1 amide bonds. The van der Waals surface area contributed by atoms with E-state index in [-0.39, 0.29) is 0 Å². The molecule has 0 rings (SSSR count). The van der Waals surface area contributed by atoms with Crippen molar-refractivity contribution in [3.05, 3.63) is 0 Å².